The molecule has 3 aromatic rings. The summed E-state index contributed by atoms with van der Waals surface area (Å²) in [5.41, 5.74) is 13.5. The van der Waals surface area contributed by atoms with Crippen LogP contribution in [0.3, 0.4) is 0 Å². The van der Waals surface area contributed by atoms with Crippen LogP contribution in [0.1, 0.15) is 34.3 Å². The Morgan fingerprint density at radius 2 is 1.36 bits per heavy atom. The molecule has 0 spiro atoms. The van der Waals surface area contributed by atoms with Crippen molar-refractivity contribution in [1.29, 1.82) is 0 Å². The Hall–Kier alpha value is -5.08. The van der Waals surface area contributed by atoms with Crippen LogP contribution in [0.2, 0.25) is 0 Å². The molecular formula is C29H23F7N2O6. The maximum Gasteiger partial charge on any atom is 0.459 e. The summed E-state index contributed by atoms with van der Waals surface area (Å²) in [6.45, 7) is -0.0792. The molecule has 0 bridgehead atoms. The predicted octanol–water partition coefficient (Wildman–Crippen LogP) is 6.35. The normalized spacial score (nSPS) is 12.2. The zero-order valence-corrected chi connectivity index (χ0v) is 22.4. The van der Waals surface area contributed by atoms with Crippen LogP contribution in [-0.4, -0.2) is 35.9 Å². The summed E-state index contributed by atoms with van der Waals surface area (Å²) in [6.07, 6.45) is -7.41. The average Bonchev–Trinajstić information content (AvgIpc) is 2.96. The van der Waals surface area contributed by atoms with Crippen LogP contribution >= 0.6 is 0 Å². The summed E-state index contributed by atoms with van der Waals surface area (Å²) < 4.78 is 104. The second kappa shape index (κ2) is 13.5. The predicted molar refractivity (Wildman–Crippen MR) is 143 cm³/mol. The highest BCUT2D eigenvalue weighted by Crippen LogP contribution is 2.48. The molecule has 0 aromatic heterocycles. The molecule has 0 unspecified atom stereocenters. The molecule has 15 heteroatoms. The highest BCUT2D eigenvalue weighted by atomic mass is 19.4. The van der Waals surface area contributed by atoms with E-state index in [-0.39, 0.29) is 23.7 Å². The van der Waals surface area contributed by atoms with Gasteiger partial charge < -0.3 is 25.7 Å². The number of nitrogens with two attached hydrogens (primary N) is 2. The third-order valence-corrected chi connectivity index (χ3v) is 5.82. The van der Waals surface area contributed by atoms with E-state index < -0.39 is 48.8 Å². The van der Waals surface area contributed by atoms with Gasteiger partial charge in [0.2, 0.25) is 0 Å². The minimum Gasteiger partial charge on any atom is -0.458 e. The molecule has 0 aliphatic carbocycles. The van der Waals surface area contributed by atoms with Crippen LogP contribution in [-0.2, 0) is 20.9 Å². The van der Waals surface area contributed by atoms with Crippen LogP contribution in [0.25, 0.3) is 6.08 Å². The van der Waals surface area contributed by atoms with E-state index in [0.717, 1.165) is 24.3 Å². The molecule has 3 aromatic carbocycles. The van der Waals surface area contributed by atoms with Crippen molar-refractivity contribution in [2.45, 2.75) is 37.5 Å². The molecule has 44 heavy (non-hydrogen) atoms. The number of benzene rings is 3. The number of carbonyl (C=O) groups excluding carboxylic acids is 3. The molecule has 3 rings (SSSR count). The summed E-state index contributed by atoms with van der Waals surface area (Å²) in [6, 6.07) is 15.1. The first-order chi connectivity index (χ1) is 20.5. The first kappa shape index (κ1) is 33.4. The standard InChI is InChI=1S/C29H23F7N2O6/c30-27(31,28(32,33)29(34,35)36)14-13-25(40)43-21-9-4-18(5-10-21)26(41)44-22-7-1-17(2-8-22)3-12-24(39)42-16-19-15-20(37)6-11-23(19)38/h1-12,15H,13-14,16,37-38H2. The van der Waals surface area contributed by atoms with Gasteiger partial charge in [-0.1, -0.05) is 12.1 Å². The lowest BCUT2D eigenvalue weighted by Crippen LogP contribution is -2.52. The largest absolute Gasteiger partial charge is 0.459 e. The minimum absolute atomic E-state index is 0.0336. The van der Waals surface area contributed by atoms with Crippen LogP contribution < -0.4 is 20.9 Å². The zero-order chi connectivity index (χ0) is 32.7. The van der Waals surface area contributed by atoms with Crippen molar-refractivity contribution in [1.82, 2.24) is 0 Å². The Morgan fingerprint density at radius 3 is 1.98 bits per heavy atom. The van der Waals surface area contributed by atoms with Gasteiger partial charge in [0.15, 0.2) is 0 Å². The zero-order valence-electron chi connectivity index (χ0n) is 22.4. The Bertz CT molecular complexity index is 1520. The van der Waals surface area contributed by atoms with Crippen LogP contribution in [0.15, 0.2) is 72.8 Å². The monoisotopic (exact) mass is 628 g/mol. The van der Waals surface area contributed by atoms with E-state index >= 15 is 0 Å². The quantitative estimate of drug-likeness (QED) is 0.0827. The fourth-order valence-electron chi connectivity index (χ4n) is 3.39. The van der Waals surface area contributed by atoms with Gasteiger partial charge in [-0.05, 0) is 66.2 Å². The summed E-state index contributed by atoms with van der Waals surface area (Å²) in [5, 5.41) is 0. The molecule has 8 nitrogen and oxygen atoms in total. The average molecular weight is 628 g/mol. The summed E-state index contributed by atoms with van der Waals surface area (Å²) in [4.78, 5) is 36.1. The van der Waals surface area contributed by atoms with E-state index in [4.69, 9.17) is 20.9 Å². The van der Waals surface area contributed by atoms with Crippen molar-refractivity contribution in [2.24, 2.45) is 0 Å². The van der Waals surface area contributed by atoms with E-state index in [1.807, 2.05) is 0 Å². The molecule has 0 amide bonds. The molecule has 0 saturated heterocycles. The number of esters is 3. The molecule has 234 valence electrons. The van der Waals surface area contributed by atoms with E-state index in [2.05, 4.69) is 4.74 Å². The maximum atomic E-state index is 13.4. The number of carbonyl (C=O) groups is 3. The van der Waals surface area contributed by atoms with E-state index in [1.165, 1.54) is 24.3 Å². The Balaban J connectivity index is 1.48. The lowest BCUT2D eigenvalue weighted by Gasteiger charge is -2.27. The molecule has 4 N–H and O–H groups in total. The molecular weight excluding hydrogens is 605 g/mol. The van der Waals surface area contributed by atoms with Crippen LogP contribution in [0.5, 0.6) is 11.5 Å². The molecule has 0 radical (unpaired) electrons. The van der Waals surface area contributed by atoms with Gasteiger partial charge in [-0.25, -0.2) is 9.59 Å². The summed E-state index contributed by atoms with van der Waals surface area (Å²) in [7, 11) is 0. The van der Waals surface area contributed by atoms with Crippen molar-refractivity contribution >= 4 is 35.4 Å². The number of anilines is 2. The lowest BCUT2D eigenvalue weighted by atomic mass is 10.1. The Kier molecular flexibility index (Phi) is 10.2. The van der Waals surface area contributed by atoms with Gasteiger partial charge in [0, 0.05) is 29.4 Å². The topological polar surface area (TPSA) is 131 Å². The molecule has 0 atom stereocenters. The first-order valence-electron chi connectivity index (χ1n) is 12.4. The number of hydrogen-bond donors (Lipinski definition) is 2. The fraction of sp³-hybridized carbons (Fsp3) is 0.207. The molecule has 0 aliphatic rings. The van der Waals surface area contributed by atoms with Gasteiger partial charge in [-0.3, -0.25) is 4.79 Å². The smallest absolute Gasteiger partial charge is 0.458 e. The Labute approximate surface area is 245 Å². The minimum atomic E-state index is -6.50. The van der Waals surface area contributed by atoms with Crippen LogP contribution in [0, 0.1) is 0 Å². The Morgan fingerprint density at radius 1 is 0.773 bits per heavy atom. The van der Waals surface area contributed by atoms with Crippen molar-refractivity contribution in [3.8, 4) is 11.5 Å². The van der Waals surface area contributed by atoms with Crippen LogP contribution in [0.4, 0.5) is 42.1 Å². The summed E-state index contributed by atoms with van der Waals surface area (Å²) in [5.74, 6) is -15.0. The number of alkyl halides is 7. The molecule has 0 saturated carbocycles. The number of halogens is 7. The molecule has 0 fully saturated rings. The van der Waals surface area contributed by atoms with E-state index in [1.54, 1.807) is 30.3 Å². The van der Waals surface area contributed by atoms with Crippen molar-refractivity contribution in [3.05, 3.63) is 89.5 Å². The maximum absolute atomic E-state index is 13.4. The fourth-order valence-corrected chi connectivity index (χ4v) is 3.39. The third kappa shape index (κ3) is 8.72. The lowest BCUT2D eigenvalue weighted by molar-refractivity contribution is -0.355. The van der Waals surface area contributed by atoms with Gasteiger partial charge >= 0.3 is 35.9 Å². The van der Waals surface area contributed by atoms with Crippen molar-refractivity contribution < 1.29 is 59.3 Å². The SMILES string of the molecule is Nc1ccc(N)c(COC(=O)C=Cc2ccc(OC(=O)c3ccc(OC(=O)CCC(F)(F)C(F)(F)C(F)(F)F)cc3)cc2)c1. The number of ether oxygens (including phenoxy) is 3. The number of rotatable bonds is 11. The third-order valence-electron chi connectivity index (χ3n) is 5.82. The van der Waals surface area contributed by atoms with E-state index in [0.29, 0.717) is 22.5 Å². The summed E-state index contributed by atoms with van der Waals surface area (Å²) >= 11 is 0. The van der Waals surface area contributed by atoms with Crippen molar-refractivity contribution in [2.75, 3.05) is 11.5 Å². The van der Waals surface area contributed by atoms with Gasteiger partial charge in [-0.2, -0.15) is 30.7 Å². The van der Waals surface area contributed by atoms with Gasteiger partial charge in [0.1, 0.15) is 18.1 Å². The highest BCUT2D eigenvalue weighted by molar-refractivity contribution is 5.91. The number of nitrogen functional groups attached to an aromatic ring is 2. The molecule has 0 aliphatic heterocycles. The van der Waals surface area contributed by atoms with E-state index in [9.17, 15) is 45.1 Å². The van der Waals surface area contributed by atoms with Gasteiger partial charge in [-0.15, -0.1) is 0 Å². The second-order valence-corrected chi connectivity index (χ2v) is 9.13. The highest BCUT2D eigenvalue weighted by Gasteiger charge is 2.72. The molecule has 0 heterocycles. The first-order valence-corrected chi connectivity index (χ1v) is 12.4. The van der Waals surface area contributed by atoms with Crippen molar-refractivity contribution in [3.63, 3.8) is 0 Å². The number of hydrogen-bond acceptors (Lipinski definition) is 8. The van der Waals surface area contributed by atoms with Gasteiger partial charge in [0.25, 0.3) is 0 Å². The van der Waals surface area contributed by atoms with Gasteiger partial charge in [0.05, 0.1) is 12.0 Å². The second-order valence-electron chi connectivity index (χ2n) is 9.13.